The molecular formula is C19H14NO2P. The number of aryl methyl sites for hydroxylation is 1. The van der Waals surface area contributed by atoms with Crippen molar-refractivity contribution >= 4 is 24.2 Å². The number of anilines is 2. The molecule has 1 unspecified atom stereocenters. The van der Waals surface area contributed by atoms with Crippen LogP contribution in [0.2, 0.25) is 0 Å². The molecule has 0 bridgehead atoms. The second-order valence-electron chi connectivity index (χ2n) is 5.88. The van der Waals surface area contributed by atoms with Gasteiger partial charge in [0.25, 0.3) is 0 Å². The molecule has 4 heteroatoms. The van der Waals surface area contributed by atoms with E-state index in [0.717, 1.165) is 33.4 Å². The molecule has 5 rings (SSSR count). The number of nitrogens with zero attached hydrogens (tertiary/aromatic N) is 1. The van der Waals surface area contributed by atoms with E-state index in [1.807, 2.05) is 59.3 Å². The Kier molecular flexibility index (Phi) is 2.41. The molecule has 3 nitrogen and oxygen atoms in total. The Hall–Kier alpha value is -2.51. The number of hydrogen-bond acceptors (Lipinski definition) is 2. The molecule has 0 N–H and O–H groups in total. The zero-order chi connectivity index (χ0) is 15.6. The number of fused-ring (bicyclic) bond motifs is 8. The van der Waals surface area contributed by atoms with Crippen LogP contribution in [0.15, 0.2) is 66.7 Å². The third-order valence-electron chi connectivity index (χ3n) is 4.53. The van der Waals surface area contributed by atoms with E-state index in [0.29, 0.717) is 5.75 Å². The Labute approximate surface area is 134 Å². The van der Waals surface area contributed by atoms with Gasteiger partial charge >= 0.3 is 7.52 Å². The first kappa shape index (κ1) is 13.0. The van der Waals surface area contributed by atoms with Crippen LogP contribution >= 0.6 is 7.52 Å². The van der Waals surface area contributed by atoms with Gasteiger partial charge < -0.3 is 4.52 Å². The van der Waals surface area contributed by atoms with Gasteiger partial charge in [-0.15, -0.1) is 0 Å². The van der Waals surface area contributed by atoms with Gasteiger partial charge in [0.15, 0.2) is 5.75 Å². The molecule has 1 atom stereocenters. The van der Waals surface area contributed by atoms with Crippen molar-refractivity contribution in [2.24, 2.45) is 0 Å². The van der Waals surface area contributed by atoms with E-state index in [4.69, 9.17) is 4.52 Å². The lowest BCUT2D eigenvalue weighted by atomic mass is 9.99. The zero-order valence-corrected chi connectivity index (χ0v) is 13.5. The highest BCUT2D eigenvalue weighted by molar-refractivity contribution is 7.70. The summed E-state index contributed by atoms with van der Waals surface area (Å²) in [4.78, 5) is 0. The normalized spacial score (nSPS) is 20.1. The quantitative estimate of drug-likeness (QED) is 0.545. The van der Waals surface area contributed by atoms with Crippen LogP contribution in [0.1, 0.15) is 5.56 Å². The van der Waals surface area contributed by atoms with Gasteiger partial charge in [0, 0.05) is 5.56 Å². The van der Waals surface area contributed by atoms with Gasteiger partial charge in [-0.05, 0) is 36.2 Å². The Balaban J connectivity index is 1.95. The van der Waals surface area contributed by atoms with Crippen LogP contribution in [0, 0.1) is 6.92 Å². The highest BCUT2D eigenvalue weighted by atomic mass is 31.2. The first-order valence-corrected chi connectivity index (χ1v) is 9.17. The van der Waals surface area contributed by atoms with Crippen molar-refractivity contribution in [1.29, 1.82) is 0 Å². The summed E-state index contributed by atoms with van der Waals surface area (Å²) < 4.78 is 21.8. The van der Waals surface area contributed by atoms with Crippen molar-refractivity contribution in [1.82, 2.24) is 0 Å². The number of rotatable bonds is 0. The molecule has 0 aliphatic carbocycles. The van der Waals surface area contributed by atoms with Crippen LogP contribution < -0.4 is 14.5 Å². The summed E-state index contributed by atoms with van der Waals surface area (Å²) in [6, 6.07) is 21.8. The Bertz CT molecular complexity index is 1010. The maximum Gasteiger partial charge on any atom is 0.379 e. The molecule has 0 aromatic heterocycles. The van der Waals surface area contributed by atoms with Crippen LogP contribution in [-0.2, 0) is 4.57 Å². The second kappa shape index (κ2) is 4.27. The predicted octanol–water partition coefficient (Wildman–Crippen LogP) is 5.02. The number of benzene rings is 3. The zero-order valence-electron chi connectivity index (χ0n) is 12.6. The van der Waals surface area contributed by atoms with Crippen molar-refractivity contribution in [2.45, 2.75) is 6.92 Å². The highest BCUT2D eigenvalue weighted by Crippen LogP contribution is 2.68. The molecule has 2 heterocycles. The maximum absolute atomic E-state index is 13.9. The fourth-order valence-corrected chi connectivity index (χ4v) is 6.11. The molecular weight excluding hydrogens is 305 g/mol. The summed E-state index contributed by atoms with van der Waals surface area (Å²) in [7, 11) is -3.17. The van der Waals surface area contributed by atoms with Gasteiger partial charge in [-0.25, -0.2) is 4.57 Å². The van der Waals surface area contributed by atoms with E-state index in [1.54, 1.807) is 0 Å². The van der Waals surface area contributed by atoms with Gasteiger partial charge in [0.2, 0.25) is 0 Å². The minimum atomic E-state index is -3.17. The summed E-state index contributed by atoms with van der Waals surface area (Å²) in [5, 5.41) is 0.773. The van der Waals surface area contributed by atoms with Crippen molar-refractivity contribution < 1.29 is 9.09 Å². The second-order valence-corrected chi connectivity index (χ2v) is 7.98. The minimum Gasteiger partial charge on any atom is -0.423 e. The van der Waals surface area contributed by atoms with Crippen LogP contribution in [0.3, 0.4) is 0 Å². The van der Waals surface area contributed by atoms with Crippen molar-refractivity contribution in [3.05, 3.63) is 72.3 Å². The van der Waals surface area contributed by atoms with E-state index in [2.05, 4.69) is 19.1 Å². The van der Waals surface area contributed by atoms with Gasteiger partial charge in [-0.1, -0.05) is 48.5 Å². The van der Waals surface area contributed by atoms with Gasteiger partial charge in [-0.2, -0.15) is 0 Å². The summed E-state index contributed by atoms with van der Waals surface area (Å²) in [6.45, 7) is 2.05. The largest absolute Gasteiger partial charge is 0.423 e. The van der Waals surface area contributed by atoms with E-state index in [-0.39, 0.29) is 0 Å². The third kappa shape index (κ3) is 1.53. The minimum absolute atomic E-state index is 0.682. The summed E-state index contributed by atoms with van der Waals surface area (Å²) in [6.07, 6.45) is 0. The van der Waals surface area contributed by atoms with E-state index < -0.39 is 7.52 Å². The van der Waals surface area contributed by atoms with Gasteiger partial charge in [0.05, 0.1) is 16.7 Å². The molecule has 0 fully saturated rings. The van der Waals surface area contributed by atoms with Crippen LogP contribution in [-0.4, -0.2) is 0 Å². The standard InChI is InChI=1S/C19H14NO2P/c1-13-7-6-9-15-14-8-2-5-12-18(14)23(21)20(19(13)15)16-10-3-4-11-17(16)22-23/h2-12H,1H3. The molecule has 112 valence electrons. The molecule has 0 spiro atoms. The van der Waals surface area contributed by atoms with Crippen molar-refractivity contribution in [3.8, 4) is 16.9 Å². The smallest absolute Gasteiger partial charge is 0.379 e. The van der Waals surface area contributed by atoms with Crippen LogP contribution in [0.25, 0.3) is 11.1 Å². The van der Waals surface area contributed by atoms with E-state index in [9.17, 15) is 4.57 Å². The van der Waals surface area contributed by atoms with Gasteiger partial charge in [0.1, 0.15) is 0 Å². The van der Waals surface area contributed by atoms with E-state index in [1.165, 1.54) is 0 Å². The van der Waals surface area contributed by atoms with Crippen LogP contribution in [0.4, 0.5) is 11.4 Å². The summed E-state index contributed by atoms with van der Waals surface area (Å²) in [5.41, 5.74) is 5.06. The maximum atomic E-state index is 13.9. The first-order valence-electron chi connectivity index (χ1n) is 7.59. The lowest BCUT2D eigenvalue weighted by molar-refractivity contribution is 0.505. The number of para-hydroxylation sites is 3. The Morgan fingerprint density at radius 3 is 2.52 bits per heavy atom. The average molecular weight is 319 g/mol. The molecule has 0 saturated heterocycles. The van der Waals surface area contributed by atoms with Crippen LogP contribution in [0.5, 0.6) is 5.75 Å². The third-order valence-corrected chi connectivity index (χ3v) is 6.91. The molecule has 0 amide bonds. The molecule has 0 radical (unpaired) electrons. The molecule has 0 saturated carbocycles. The SMILES string of the molecule is Cc1cccc2c1N1c3ccccc3OP1(=O)c1ccccc1-2. The Morgan fingerprint density at radius 2 is 1.61 bits per heavy atom. The molecule has 3 aromatic rings. The molecule has 23 heavy (non-hydrogen) atoms. The van der Waals surface area contributed by atoms with Gasteiger partial charge in [-0.3, -0.25) is 4.67 Å². The lowest BCUT2D eigenvalue weighted by Gasteiger charge is -2.34. The summed E-state index contributed by atoms with van der Waals surface area (Å²) in [5.74, 6) is 0.682. The molecule has 3 aromatic carbocycles. The lowest BCUT2D eigenvalue weighted by Crippen LogP contribution is -2.27. The van der Waals surface area contributed by atoms with Crippen molar-refractivity contribution in [3.63, 3.8) is 0 Å². The van der Waals surface area contributed by atoms with Crippen molar-refractivity contribution in [2.75, 3.05) is 4.67 Å². The predicted molar refractivity (Wildman–Crippen MR) is 93.1 cm³/mol. The fourth-order valence-electron chi connectivity index (χ4n) is 3.54. The average Bonchev–Trinajstić information content (AvgIpc) is 2.88. The highest BCUT2D eigenvalue weighted by Gasteiger charge is 2.49. The Morgan fingerprint density at radius 1 is 0.870 bits per heavy atom. The number of hydrogen-bond donors (Lipinski definition) is 0. The monoisotopic (exact) mass is 319 g/mol. The molecule has 2 aliphatic heterocycles. The summed E-state index contributed by atoms with van der Waals surface area (Å²) >= 11 is 0. The topological polar surface area (TPSA) is 29.5 Å². The van der Waals surface area contributed by atoms with E-state index >= 15 is 0 Å². The fraction of sp³-hybridized carbons (Fsp3) is 0.0526. The first-order chi connectivity index (χ1) is 11.2. The molecule has 2 aliphatic rings.